The Balaban J connectivity index is 1.25. The zero-order valence-electron chi connectivity index (χ0n) is 19.9. The highest BCUT2D eigenvalue weighted by atomic mass is 16.5. The fourth-order valence-corrected chi connectivity index (χ4v) is 4.74. The number of hydrogen-bond acceptors (Lipinski definition) is 3. The average molecular weight is 479 g/mol. The summed E-state index contributed by atoms with van der Waals surface area (Å²) in [6.07, 6.45) is 1.88. The van der Waals surface area contributed by atoms with Gasteiger partial charge in [-0.15, -0.1) is 0 Å². The number of rotatable bonds is 5. The summed E-state index contributed by atoms with van der Waals surface area (Å²) < 4.78 is 10.2. The van der Waals surface area contributed by atoms with Crippen molar-refractivity contribution in [1.82, 2.24) is 19.6 Å². The van der Waals surface area contributed by atoms with Crippen molar-refractivity contribution < 1.29 is 4.74 Å². The maximum atomic E-state index is 6.31. The molecule has 7 aromatic rings. The quantitative estimate of drug-likeness (QED) is 0.253. The smallest absolute Gasteiger partial charge is 0.129 e. The van der Waals surface area contributed by atoms with E-state index in [0.717, 1.165) is 55.9 Å². The van der Waals surface area contributed by atoms with Crippen LogP contribution in [0.5, 0.6) is 11.5 Å². The Morgan fingerprint density at radius 2 is 1.19 bits per heavy atom. The first kappa shape index (κ1) is 21.1. The van der Waals surface area contributed by atoms with Crippen molar-refractivity contribution in [3.05, 3.63) is 134 Å². The van der Waals surface area contributed by atoms with Crippen molar-refractivity contribution in [2.24, 2.45) is 0 Å². The third kappa shape index (κ3) is 3.83. The van der Waals surface area contributed by atoms with E-state index in [4.69, 9.17) is 9.84 Å². The Morgan fingerprint density at radius 1 is 0.541 bits per heavy atom. The maximum absolute atomic E-state index is 6.31. The van der Waals surface area contributed by atoms with Crippen molar-refractivity contribution in [2.45, 2.75) is 0 Å². The molecule has 2 aromatic heterocycles. The molecule has 5 heteroatoms. The summed E-state index contributed by atoms with van der Waals surface area (Å²) >= 11 is 0. The van der Waals surface area contributed by atoms with Crippen LogP contribution in [-0.4, -0.2) is 19.6 Å². The lowest BCUT2D eigenvalue weighted by atomic mass is 10.1. The zero-order valence-corrected chi connectivity index (χ0v) is 19.9. The van der Waals surface area contributed by atoms with Gasteiger partial charge in [0, 0.05) is 28.5 Å². The standard InChI is InChI=1S/C32H22N4O/c1-2-10-23(11-3-1)32-29-17-5-7-19-31(29)36(34-32)26-14-9-16-28(21-26)37-27-15-8-13-25(20-27)35-30-18-6-4-12-24(30)22-33-35/h1-22H. The molecule has 0 amide bonds. The van der Waals surface area contributed by atoms with Gasteiger partial charge in [-0.1, -0.05) is 78.9 Å². The lowest BCUT2D eigenvalue weighted by Crippen LogP contribution is -1.98. The van der Waals surface area contributed by atoms with Crippen LogP contribution < -0.4 is 4.74 Å². The number of nitrogens with zero attached hydrogens (tertiary/aromatic N) is 4. The lowest BCUT2D eigenvalue weighted by Gasteiger charge is -2.10. The monoisotopic (exact) mass is 478 g/mol. The van der Waals surface area contributed by atoms with Gasteiger partial charge in [0.2, 0.25) is 0 Å². The highest BCUT2D eigenvalue weighted by molar-refractivity contribution is 5.94. The Hall–Kier alpha value is -5.16. The third-order valence-electron chi connectivity index (χ3n) is 6.47. The fourth-order valence-electron chi connectivity index (χ4n) is 4.74. The number of ether oxygens (including phenoxy) is 1. The van der Waals surface area contributed by atoms with Crippen LogP contribution in [0.15, 0.2) is 134 Å². The largest absolute Gasteiger partial charge is 0.457 e. The van der Waals surface area contributed by atoms with Gasteiger partial charge in [0.25, 0.3) is 0 Å². The van der Waals surface area contributed by atoms with Gasteiger partial charge in [-0.2, -0.15) is 10.2 Å². The minimum absolute atomic E-state index is 0.737. The topological polar surface area (TPSA) is 44.9 Å². The minimum Gasteiger partial charge on any atom is -0.457 e. The Bertz CT molecular complexity index is 1870. The second-order valence-electron chi connectivity index (χ2n) is 8.86. The van der Waals surface area contributed by atoms with Crippen molar-refractivity contribution in [2.75, 3.05) is 0 Å². The number of hydrogen-bond donors (Lipinski definition) is 0. The molecule has 37 heavy (non-hydrogen) atoms. The number of benzene rings is 5. The normalized spacial score (nSPS) is 11.2. The van der Waals surface area contributed by atoms with Crippen molar-refractivity contribution >= 4 is 21.8 Å². The first-order chi connectivity index (χ1) is 18.3. The van der Waals surface area contributed by atoms with Crippen LogP contribution in [0.4, 0.5) is 0 Å². The van der Waals surface area contributed by atoms with Gasteiger partial charge < -0.3 is 4.74 Å². The molecule has 176 valence electrons. The van der Waals surface area contributed by atoms with Crippen molar-refractivity contribution in [3.63, 3.8) is 0 Å². The van der Waals surface area contributed by atoms with Crippen LogP contribution in [-0.2, 0) is 0 Å². The summed E-state index contributed by atoms with van der Waals surface area (Å²) in [7, 11) is 0. The molecule has 0 radical (unpaired) electrons. The van der Waals surface area contributed by atoms with Gasteiger partial charge in [-0.05, 0) is 36.4 Å². The molecule has 0 bridgehead atoms. The van der Waals surface area contributed by atoms with Crippen LogP contribution in [0.3, 0.4) is 0 Å². The SMILES string of the molecule is c1ccc(-c2nn(-c3cccc(Oc4cccc(-n5ncc6ccccc65)c4)c3)c3ccccc23)cc1. The summed E-state index contributed by atoms with van der Waals surface area (Å²) in [5.41, 5.74) is 6.03. The summed E-state index contributed by atoms with van der Waals surface area (Å²) in [5, 5.41) is 11.8. The molecule has 0 atom stereocenters. The van der Waals surface area contributed by atoms with Gasteiger partial charge >= 0.3 is 0 Å². The molecule has 5 nitrogen and oxygen atoms in total. The van der Waals surface area contributed by atoms with E-state index in [1.54, 1.807) is 0 Å². The molecule has 0 aliphatic rings. The molecule has 0 saturated carbocycles. The van der Waals surface area contributed by atoms with E-state index in [-0.39, 0.29) is 0 Å². The second kappa shape index (κ2) is 8.81. The van der Waals surface area contributed by atoms with Gasteiger partial charge in [0.15, 0.2) is 0 Å². The van der Waals surface area contributed by atoms with Gasteiger partial charge in [0.05, 0.1) is 28.6 Å². The van der Waals surface area contributed by atoms with Crippen LogP contribution in [0.1, 0.15) is 0 Å². The number of aromatic nitrogens is 4. The van der Waals surface area contributed by atoms with Crippen molar-refractivity contribution in [3.8, 4) is 34.1 Å². The number of para-hydroxylation sites is 2. The molecule has 0 saturated heterocycles. The van der Waals surface area contributed by atoms with E-state index < -0.39 is 0 Å². The fraction of sp³-hybridized carbons (Fsp3) is 0. The van der Waals surface area contributed by atoms with Crippen LogP contribution in [0.25, 0.3) is 44.4 Å². The molecule has 7 rings (SSSR count). The molecule has 0 fully saturated rings. The maximum Gasteiger partial charge on any atom is 0.129 e. The summed E-state index contributed by atoms with van der Waals surface area (Å²) in [6.45, 7) is 0. The van der Waals surface area contributed by atoms with Crippen LogP contribution in [0.2, 0.25) is 0 Å². The predicted molar refractivity (Wildman–Crippen MR) is 148 cm³/mol. The average Bonchev–Trinajstić information content (AvgIpc) is 3.56. The van der Waals surface area contributed by atoms with Crippen molar-refractivity contribution in [1.29, 1.82) is 0 Å². The molecule has 0 aliphatic carbocycles. The first-order valence-electron chi connectivity index (χ1n) is 12.2. The Kier molecular flexibility index (Phi) is 5.03. The minimum atomic E-state index is 0.737. The van der Waals surface area contributed by atoms with Gasteiger partial charge in [-0.25, -0.2) is 9.36 Å². The number of fused-ring (bicyclic) bond motifs is 2. The van der Waals surface area contributed by atoms with Gasteiger partial charge in [-0.3, -0.25) is 0 Å². The Labute approximate surface area is 213 Å². The molecule has 0 aliphatic heterocycles. The predicted octanol–water partition coefficient (Wildman–Crippen LogP) is 7.82. The Morgan fingerprint density at radius 3 is 1.97 bits per heavy atom. The molecular weight excluding hydrogens is 456 g/mol. The second-order valence-corrected chi connectivity index (χ2v) is 8.86. The molecule has 0 N–H and O–H groups in total. The summed E-state index contributed by atoms with van der Waals surface area (Å²) in [4.78, 5) is 0. The van der Waals surface area contributed by atoms with E-state index in [1.807, 2.05) is 100 Å². The van der Waals surface area contributed by atoms with Gasteiger partial charge in [0.1, 0.15) is 17.2 Å². The van der Waals surface area contributed by atoms with E-state index >= 15 is 0 Å². The molecule has 2 heterocycles. The lowest BCUT2D eigenvalue weighted by molar-refractivity contribution is 0.482. The summed E-state index contributed by atoms with van der Waals surface area (Å²) in [5.74, 6) is 1.48. The highest BCUT2D eigenvalue weighted by Crippen LogP contribution is 2.32. The third-order valence-corrected chi connectivity index (χ3v) is 6.47. The van der Waals surface area contributed by atoms with E-state index in [2.05, 4.69) is 47.6 Å². The molecule has 5 aromatic carbocycles. The highest BCUT2D eigenvalue weighted by Gasteiger charge is 2.14. The molecular formula is C32H22N4O. The molecule has 0 spiro atoms. The van der Waals surface area contributed by atoms with E-state index in [0.29, 0.717) is 0 Å². The summed E-state index contributed by atoms with van der Waals surface area (Å²) in [6, 6.07) is 42.8. The zero-order chi connectivity index (χ0) is 24.6. The molecule has 0 unspecified atom stereocenters. The van der Waals surface area contributed by atoms with E-state index in [1.165, 1.54) is 0 Å². The van der Waals surface area contributed by atoms with Crippen LogP contribution in [0, 0.1) is 0 Å². The first-order valence-corrected chi connectivity index (χ1v) is 12.2. The van der Waals surface area contributed by atoms with E-state index in [9.17, 15) is 0 Å². The van der Waals surface area contributed by atoms with Crippen LogP contribution >= 0.6 is 0 Å².